The molecular formula is C22H28N4O. The summed E-state index contributed by atoms with van der Waals surface area (Å²) < 4.78 is 0. The highest BCUT2D eigenvalue weighted by Crippen LogP contribution is 2.30. The molecule has 2 atom stereocenters. The van der Waals surface area contributed by atoms with Crippen molar-refractivity contribution in [3.8, 4) is 0 Å². The Balaban J connectivity index is 1.47. The van der Waals surface area contributed by atoms with E-state index in [1.54, 1.807) is 0 Å². The summed E-state index contributed by atoms with van der Waals surface area (Å²) in [5.41, 5.74) is 3.21. The van der Waals surface area contributed by atoms with Crippen molar-refractivity contribution in [3.05, 3.63) is 59.9 Å². The lowest BCUT2D eigenvalue weighted by molar-refractivity contribution is 0.0585. The maximum Gasteiger partial charge on any atom is 0.254 e. The molecule has 0 N–H and O–H groups in total. The lowest BCUT2D eigenvalue weighted by Crippen LogP contribution is -2.47. The van der Waals surface area contributed by atoms with Gasteiger partial charge in [-0.3, -0.25) is 14.7 Å². The van der Waals surface area contributed by atoms with Crippen LogP contribution in [0.25, 0.3) is 0 Å². The summed E-state index contributed by atoms with van der Waals surface area (Å²) in [6.45, 7) is 3.85. The van der Waals surface area contributed by atoms with Crippen LogP contribution in [0.2, 0.25) is 0 Å². The van der Waals surface area contributed by atoms with Crippen molar-refractivity contribution in [3.63, 3.8) is 0 Å². The summed E-state index contributed by atoms with van der Waals surface area (Å²) in [7, 11) is 4.03. The van der Waals surface area contributed by atoms with Gasteiger partial charge in [0.1, 0.15) is 0 Å². The SMILES string of the molecule is CN(C)c1ccc(C(=O)N2C[C@H]3CC[C@@H]2CN(Cc2ccncc2)C3)cc1. The van der Waals surface area contributed by atoms with Gasteiger partial charge in [0.15, 0.2) is 0 Å². The highest BCUT2D eigenvalue weighted by Gasteiger charge is 2.37. The van der Waals surface area contributed by atoms with Crippen molar-refractivity contribution >= 4 is 11.6 Å². The van der Waals surface area contributed by atoms with Crippen molar-refractivity contribution in [1.82, 2.24) is 14.8 Å². The molecule has 0 aliphatic carbocycles. The Labute approximate surface area is 161 Å². The van der Waals surface area contributed by atoms with Crippen LogP contribution in [0.3, 0.4) is 0 Å². The Bertz CT molecular complexity index is 775. The highest BCUT2D eigenvalue weighted by atomic mass is 16.2. The summed E-state index contributed by atoms with van der Waals surface area (Å²) in [4.78, 5) is 24.0. The van der Waals surface area contributed by atoms with E-state index in [-0.39, 0.29) is 5.91 Å². The van der Waals surface area contributed by atoms with Gasteiger partial charge in [0.2, 0.25) is 0 Å². The van der Waals surface area contributed by atoms with E-state index in [1.165, 1.54) is 12.0 Å². The fraction of sp³-hybridized carbons (Fsp3) is 0.455. The Hall–Kier alpha value is -2.40. The van der Waals surface area contributed by atoms with E-state index in [0.29, 0.717) is 12.0 Å². The number of piperidine rings is 1. The maximum absolute atomic E-state index is 13.2. The molecular weight excluding hydrogens is 336 g/mol. The molecule has 3 saturated heterocycles. The molecule has 0 saturated carbocycles. The van der Waals surface area contributed by atoms with Gasteiger partial charge < -0.3 is 9.80 Å². The lowest BCUT2D eigenvalue weighted by Gasteiger charge is -2.36. The van der Waals surface area contributed by atoms with Crippen LogP contribution < -0.4 is 4.90 Å². The second-order valence-electron chi connectivity index (χ2n) is 8.05. The number of pyridine rings is 1. The average Bonchev–Trinajstić information content (AvgIpc) is 2.99. The van der Waals surface area contributed by atoms with Crippen LogP contribution in [-0.4, -0.2) is 60.5 Å². The Morgan fingerprint density at radius 3 is 2.48 bits per heavy atom. The number of fused-ring (bicyclic) bond motifs is 4. The van der Waals surface area contributed by atoms with Gasteiger partial charge in [0.05, 0.1) is 0 Å². The first-order valence-corrected chi connectivity index (χ1v) is 9.80. The van der Waals surface area contributed by atoms with E-state index in [0.717, 1.165) is 43.9 Å². The molecule has 2 aromatic rings. The third-order valence-electron chi connectivity index (χ3n) is 5.84. The second-order valence-corrected chi connectivity index (χ2v) is 8.05. The van der Waals surface area contributed by atoms with Crippen LogP contribution >= 0.6 is 0 Å². The van der Waals surface area contributed by atoms with Crippen LogP contribution in [0.5, 0.6) is 0 Å². The molecule has 5 rings (SSSR count). The van der Waals surface area contributed by atoms with Crippen LogP contribution in [0.1, 0.15) is 28.8 Å². The average molecular weight is 364 g/mol. The second kappa shape index (κ2) is 7.69. The zero-order chi connectivity index (χ0) is 18.8. The van der Waals surface area contributed by atoms with Gasteiger partial charge in [-0.2, -0.15) is 0 Å². The number of anilines is 1. The summed E-state index contributed by atoms with van der Waals surface area (Å²) in [6.07, 6.45) is 6.05. The number of hydrogen-bond acceptors (Lipinski definition) is 4. The molecule has 5 nitrogen and oxygen atoms in total. The molecule has 0 spiro atoms. The first-order chi connectivity index (χ1) is 13.1. The third kappa shape index (κ3) is 3.98. The third-order valence-corrected chi connectivity index (χ3v) is 5.84. The number of carbonyl (C=O) groups excluding carboxylic acids is 1. The summed E-state index contributed by atoms with van der Waals surface area (Å²) >= 11 is 0. The normalized spacial score (nSPS) is 22.5. The number of carbonyl (C=O) groups is 1. The van der Waals surface area contributed by atoms with Crippen molar-refractivity contribution < 1.29 is 4.79 Å². The van der Waals surface area contributed by atoms with Crippen LogP contribution in [0.15, 0.2) is 48.8 Å². The quantitative estimate of drug-likeness (QED) is 0.836. The van der Waals surface area contributed by atoms with Gasteiger partial charge in [-0.05, 0) is 60.7 Å². The number of hydrogen-bond donors (Lipinski definition) is 0. The molecule has 1 aromatic carbocycles. The number of amides is 1. The zero-order valence-corrected chi connectivity index (χ0v) is 16.2. The molecule has 27 heavy (non-hydrogen) atoms. The fourth-order valence-electron chi connectivity index (χ4n) is 4.37. The molecule has 3 aliphatic rings. The smallest absolute Gasteiger partial charge is 0.254 e. The summed E-state index contributed by atoms with van der Waals surface area (Å²) in [5, 5.41) is 0. The molecule has 1 amide bonds. The minimum atomic E-state index is 0.181. The van der Waals surface area contributed by atoms with E-state index in [2.05, 4.69) is 31.8 Å². The van der Waals surface area contributed by atoms with Gasteiger partial charge in [-0.1, -0.05) is 0 Å². The lowest BCUT2D eigenvalue weighted by atomic mass is 9.94. The van der Waals surface area contributed by atoms with Crippen LogP contribution in [0.4, 0.5) is 5.69 Å². The van der Waals surface area contributed by atoms with E-state index in [1.807, 2.05) is 50.8 Å². The standard InChI is InChI=1S/C22H28N4O/c1-24(2)20-7-4-19(5-8-20)22(27)26-15-18-3-6-21(26)16-25(14-18)13-17-9-11-23-12-10-17/h4-5,7-12,18,21H,3,6,13-16H2,1-2H3/t18-,21+/m0/s1. The first-order valence-electron chi connectivity index (χ1n) is 9.80. The Kier molecular flexibility index (Phi) is 5.12. The molecule has 1 aromatic heterocycles. The number of rotatable bonds is 4. The van der Waals surface area contributed by atoms with Gasteiger partial charge in [-0.25, -0.2) is 0 Å². The molecule has 2 bridgehead atoms. The van der Waals surface area contributed by atoms with Crippen molar-refractivity contribution in [2.24, 2.45) is 5.92 Å². The molecule has 3 aliphatic heterocycles. The van der Waals surface area contributed by atoms with E-state index in [9.17, 15) is 4.79 Å². The first kappa shape index (κ1) is 18.0. The summed E-state index contributed by atoms with van der Waals surface area (Å²) in [5.74, 6) is 0.747. The monoisotopic (exact) mass is 364 g/mol. The van der Waals surface area contributed by atoms with E-state index >= 15 is 0 Å². The number of nitrogens with zero attached hydrogens (tertiary/aromatic N) is 4. The molecule has 0 unspecified atom stereocenters. The largest absolute Gasteiger partial charge is 0.378 e. The molecule has 5 heteroatoms. The predicted molar refractivity (Wildman–Crippen MR) is 108 cm³/mol. The van der Waals surface area contributed by atoms with E-state index < -0.39 is 0 Å². The molecule has 0 radical (unpaired) electrons. The topological polar surface area (TPSA) is 39.7 Å². The van der Waals surface area contributed by atoms with Crippen LogP contribution in [0, 0.1) is 5.92 Å². The minimum Gasteiger partial charge on any atom is -0.378 e. The van der Waals surface area contributed by atoms with Crippen molar-refractivity contribution in [1.29, 1.82) is 0 Å². The molecule has 142 valence electrons. The maximum atomic E-state index is 13.2. The zero-order valence-electron chi connectivity index (χ0n) is 16.2. The minimum absolute atomic E-state index is 0.181. The number of aromatic nitrogens is 1. The van der Waals surface area contributed by atoms with Gasteiger partial charge in [0, 0.05) is 70.0 Å². The summed E-state index contributed by atoms with van der Waals surface area (Å²) in [6, 6.07) is 12.5. The Morgan fingerprint density at radius 2 is 1.78 bits per heavy atom. The van der Waals surface area contributed by atoms with Gasteiger partial charge in [-0.15, -0.1) is 0 Å². The Morgan fingerprint density at radius 1 is 1.04 bits per heavy atom. The molecule has 3 fully saturated rings. The van der Waals surface area contributed by atoms with E-state index in [4.69, 9.17) is 0 Å². The highest BCUT2D eigenvalue weighted by molar-refractivity contribution is 5.95. The van der Waals surface area contributed by atoms with Crippen LogP contribution in [-0.2, 0) is 6.54 Å². The van der Waals surface area contributed by atoms with Crippen molar-refractivity contribution in [2.45, 2.75) is 25.4 Å². The van der Waals surface area contributed by atoms with Gasteiger partial charge in [0.25, 0.3) is 5.91 Å². The van der Waals surface area contributed by atoms with Gasteiger partial charge >= 0.3 is 0 Å². The molecule has 4 heterocycles. The van der Waals surface area contributed by atoms with Crippen molar-refractivity contribution in [2.75, 3.05) is 38.6 Å². The predicted octanol–water partition coefficient (Wildman–Crippen LogP) is 2.88. The number of benzene rings is 1. The fourth-order valence-corrected chi connectivity index (χ4v) is 4.37.